The number of carbonyl (C=O) groups excluding carboxylic acids is 1. The van der Waals surface area contributed by atoms with E-state index >= 15 is 0 Å². The summed E-state index contributed by atoms with van der Waals surface area (Å²) in [5.74, 6) is -1.13. The summed E-state index contributed by atoms with van der Waals surface area (Å²) in [6, 6.07) is 11.1. The number of aryl methyl sites for hydroxylation is 1. The van der Waals surface area contributed by atoms with E-state index in [1.807, 2.05) is 35.6 Å². The van der Waals surface area contributed by atoms with Gasteiger partial charge in [-0.3, -0.25) is 4.79 Å². The smallest absolute Gasteiger partial charge is 0.340 e. The molecule has 1 aromatic heterocycles. The number of hydrogen-bond donors (Lipinski definition) is 1. The van der Waals surface area contributed by atoms with Gasteiger partial charge in [0, 0.05) is 0 Å². The summed E-state index contributed by atoms with van der Waals surface area (Å²) >= 11 is 0.995. The van der Waals surface area contributed by atoms with Crippen LogP contribution in [0.15, 0.2) is 59.8 Å². The van der Waals surface area contributed by atoms with Crippen molar-refractivity contribution < 1.29 is 22.4 Å². The van der Waals surface area contributed by atoms with E-state index in [9.17, 15) is 22.4 Å². The van der Waals surface area contributed by atoms with E-state index in [0.717, 1.165) is 41.6 Å². The number of rotatable bonds is 7. The molecule has 158 valence electrons. The zero-order valence-electron chi connectivity index (χ0n) is 15.9. The first-order valence-electron chi connectivity index (χ1n) is 8.92. The summed E-state index contributed by atoms with van der Waals surface area (Å²) in [5, 5.41) is 10.4. The lowest BCUT2D eigenvalue weighted by atomic mass is 10.1. The molecule has 0 spiro atoms. The van der Waals surface area contributed by atoms with Crippen LogP contribution in [-0.2, 0) is 11.3 Å². The van der Waals surface area contributed by atoms with Crippen molar-refractivity contribution in [1.29, 1.82) is 0 Å². The molecule has 3 rings (SSSR count). The van der Waals surface area contributed by atoms with Crippen molar-refractivity contribution in [2.24, 2.45) is 0 Å². The predicted molar refractivity (Wildman–Crippen MR) is 104 cm³/mol. The number of halogens is 4. The monoisotopic (exact) mass is 438 g/mol. The van der Waals surface area contributed by atoms with Crippen LogP contribution in [0.25, 0.3) is 0 Å². The number of amides is 1. The molecular weight excluding hydrogens is 420 g/mol. The predicted octanol–water partition coefficient (Wildman–Crippen LogP) is 4.29. The topological polar surface area (TPSA) is 59.8 Å². The highest BCUT2D eigenvalue weighted by Gasteiger charge is 2.41. The van der Waals surface area contributed by atoms with Gasteiger partial charge in [0.05, 0.1) is 12.3 Å². The number of nitrogens with one attached hydrogen (secondary N) is 1. The zero-order valence-corrected chi connectivity index (χ0v) is 16.7. The summed E-state index contributed by atoms with van der Waals surface area (Å²) < 4.78 is 55.0. The molecule has 2 aromatic carbocycles. The number of benzene rings is 2. The maximum atomic E-state index is 13.4. The molecule has 1 heterocycles. The standard InChI is InChI=1S/C20H18F4N4OS/c1-13-26-27-19(28(13)11-14-5-3-2-4-6-14)30-12-17(29)25-18(20(22,23)24)15-7-9-16(21)10-8-15/h2-10,18H,11-12H2,1H3,(H,25,29). The molecule has 0 bridgehead atoms. The molecule has 1 amide bonds. The van der Waals surface area contributed by atoms with Crippen LogP contribution in [0, 0.1) is 12.7 Å². The van der Waals surface area contributed by atoms with Gasteiger partial charge in [-0.1, -0.05) is 54.2 Å². The highest BCUT2D eigenvalue weighted by molar-refractivity contribution is 7.99. The first kappa shape index (κ1) is 21.8. The molecule has 30 heavy (non-hydrogen) atoms. The van der Waals surface area contributed by atoms with E-state index in [4.69, 9.17) is 0 Å². The minimum atomic E-state index is -4.72. The van der Waals surface area contributed by atoms with Crippen LogP contribution in [0.3, 0.4) is 0 Å². The van der Waals surface area contributed by atoms with Gasteiger partial charge in [0.1, 0.15) is 11.6 Å². The minimum Gasteiger partial charge on any atom is -0.340 e. The number of nitrogens with zero attached hydrogens (tertiary/aromatic N) is 3. The van der Waals surface area contributed by atoms with Gasteiger partial charge in [-0.2, -0.15) is 13.2 Å². The molecule has 0 saturated carbocycles. The number of aromatic nitrogens is 3. The van der Waals surface area contributed by atoms with Crippen molar-refractivity contribution in [1.82, 2.24) is 20.1 Å². The van der Waals surface area contributed by atoms with Gasteiger partial charge in [-0.05, 0) is 30.2 Å². The summed E-state index contributed by atoms with van der Waals surface area (Å²) in [7, 11) is 0. The number of alkyl halides is 3. The number of carbonyl (C=O) groups is 1. The normalized spacial score (nSPS) is 12.6. The van der Waals surface area contributed by atoms with Gasteiger partial charge < -0.3 is 9.88 Å². The second-order valence-corrected chi connectivity index (χ2v) is 7.43. The van der Waals surface area contributed by atoms with Gasteiger partial charge in [0.25, 0.3) is 0 Å². The van der Waals surface area contributed by atoms with Crippen molar-refractivity contribution >= 4 is 17.7 Å². The molecule has 0 saturated heterocycles. The average molecular weight is 438 g/mol. The highest BCUT2D eigenvalue weighted by Crippen LogP contribution is 2.33. The summed E-state index contributed by atoms with van der Waals surface area (Å²) in [6.07, 6.45) is -4.72. The number of thioether (sulfide) groups is 1. The fraction of sp³-hybridized carbons (Fsp3) is 0.250. The molecule has 5 nitrogen and oxygen atoms in total. The Hall–Kier alpha value is -2.88. The lowest BCUT2D eigenvalue weighted by Crippen LogP contribution is -2.39. The Morgan fingerprint density at radius 2 is 1.77 bits per heavy atom. The van der Waals surface area contributed by atoms with Crippen LogP contribution in [0.1, 0.15) is 23.0 Å². The molecule has 1 N–H and O–H groups in total. The first-order valence-corrected chi connectivity index (χ1v) is 9.90. The van der Waals surface area contributed by atoms with Crippen LogP contribution in [0.5, 0.6) is 0 Å². The SMILES string of the molecule is Cc1nnc(SCC(=O)NC(c2ccc(F)cc2)C(F)(F)F)n1Cc1ccccc1. The first-order chi connectivity index (χ1) is 14.2. The molecule has 3 aromatic rings. The Labute approximate surface area is 174 Å². The van der Waals surface area contributed by atoms with E-state index in [1.54, 1.807) is 11.5 Å². The largest absolute Gasteiger partial charge is 0.412 e. The molecule has 0 aliphatic heterocycles. The summed E-state index contributed by atoms with van der Waals surface area (Å²) in [5.41, 5.74) is 0.755. The average Bonchev–Trinajstić information content (AvgIpc) is 3.05. The van der Waals surface area contributed by atoms with Gasteiger partial charge >= 0.3 is 6.18 Å². The molecule has 1 unspecified atom stereocenters. The van der Waals surface area contributed by atoms with Crippen molar-refractivity contribution in [3.63, 3.8) is 0 Å². The third-order valence-electron chi connectivity index (χ3n) is 4.25. The van der Waals surface area contributed by atoms with Crippen molar-refractivity contribution in [2.45, 2.75) is 30.8 Å². The molecule has 0 radical (unpaired) electrons. The third kappa shape index (κ3) is 5.59. The Balaban J connectivity index is 1.67. The third-order valence-corrected chi connectivity index (χ3v) is 5.22. The molecule has 0 aliphatic carbocycles. The summed E-state index contributed by atoms with van der Waals surface area (Å²) in [4.78, 5) is 12.2. The molecule has 10 heteroatoms. The van der Waals surface area contributed by atoms with Crippen LogP contribution >= 0.6 is 11.8 Å². The Morgan fingerprint density at radius 1 is 1.10 bits per heavy atom. The van der Waals surface area contributed by atoms with E-state index in [0.29, 0.717) is 17.5 Å². The van der Waals surface area contributed by atoms with E-state index in [1.165, 1.54) is 0 Å². The Kier molecular flexibility index (Phi) is 6.76. The van der Waals surface area contributed by atoms with Crippen molar-refractivity contribution in [3.8, 4) is 0 Å². The van der Waals surface area contributed by atoms with Gasteiger partial charge in [0.15, 0.2) is 11.2 Å². The maximum absolute atomic E-state index is 13.4. The molecule has 0 fully saturated rings. The lowest BCUT2D eigenvalue weighted by Gasteiger charge is -2.22. The Morgan fingerprint density at radius 3 is 2.40 bits per heavy atom. The van der Waals surface area contributed by atoms with Crippen molar-refractivity contribution in [3.05, 3.63) is 77.4 Å². The highest BCUT2D eigenvalue weighted by atomic mass is 32.2. The van der Waals surface area contributed by atoms with Crippen LogP contribution in [0.4, 0.5) is 17.6 Å². The van der Waals surface area contributed by atoms with Gasteiger partial charge in [-0.25, -0.2) is 4.39 Å². The van der Waals surface area contributed by atoms with E-state index in [2.05, 4.69) is 10.2 Å². The van der Waals surface area contributed by atoms with Gasteiger partial charge in [-0.15, -0.1) is 10.2 Å². The fourth-order valence-corrected chi connectivity index (χ4v) is 3.55. The molecule has 0 aliphatic rings. The Bertz CT molecular complexity index is 990. The second-order valence-electron chi connectivity index (χ2n) is 6.48. The van der Waals surface area contributed by atoms with Crippen LogP contribution in [-0.4, -0.2) is 32.6 Å². The van der Waals surface area contributed by atoms with E-state index in [-0.39, 0.29) is 11.3 Å². The summed E-state index contributed by atoms with van der Waals surface area (Å²) in [6.45, 7) is 2.23. The quantitative estimate of drug-likeness (QED) is 0.442. The van der Waals surface area contributed by atoms with Gasteiger partial charge in [0.2, 0.25) is 5.91 Å². The van der Waals surface area contributed by atoms with E-state index < -0.39 is 23.9 Å². The van der Waals surface area contributed by atoms with Crippen LogP contribution < -0.4 is 5.32 Å². The lowest BCUT2D eigenvalue weighted by molar-refractivity contribution is -0.162. The number of hydrogen-bond acceptors (Lipinski definition) is 4. The fourth-order valence-electron chi connectivity index (χ4n) is 2.76. The minimum absolute atomic E-state index is 0.245. The van der Waals surface area contributed by atoms with Crippen LogP contribution in [0.2, 0.25) is 0 Å². The maximum Gasteiger partial charge on any atom is 0.412 e. The molecule has 1 atom stereocenters. The van der Waals surface area contributed by atoms with Crippen molar-refractivity contribution in [2.75, 3.05) is 5.75 Å². The molecular formula is C20H18F4N4OS. The zero-order chi connectivity index (χ0) is 21.7. The second kappa shape index (κ2) is 9.29.